The molecule has 3 rings (SSSR count). The molecule has 0 aliphatic rings. The molecule has 0 bridgehead atoms. The summed E-state index contributed by atoms with van der Waals surface area (Å²) >= 11 is 12.1. The molecule has 116 valence electrons. The Morgan fingerprint density at radius 3 is 2.43 bits per heavy atom. The molecule has 0 radical (unpaired) electrons. The van der Waals surface area contributed by atoms with Crippen LogP contribution in [-0.4, -0.2) is 9.97 Å². The minimum Gasteiger partial charge on any atom is -0.339 e. The van der Waals surface area contributed by atoms with E-state index in [0.717, 1.165) is 11.4 Å². The zero-order valence-electron chi connectivity index (χ0n) is 12.3. The number of rotatable bonds is 4. The zero-order chi connectivity index (χ0) is 16.2. The average molecular weight is 345 g/mol. The first-order valence-corrected chi connectivity index (χ1v) is 7.74. The first kappa shape index (κ1) is 15.6. The van der Waals surface area contributed by atoms with Crippen molar-refractivity contribution in [2.24, 2.45) is 0 Å². The first-order chi connectivity index (χ1) is 11.1. The summed E-state index contributed by atoms with van der Waals surface area (Å²) in [5, 5.41) is 7.44. The third kappa shape index (κ3) is 4.12. The van der Waals surface area contributed by atoms with Crippen LogP contribution in [0.1, 0.15) is 5.56 Å². The maximum Gasteiger partial charge on any atom is 0.229 e. The van der Waals surface area contributed by atoms with E-state index in [1.54, 1.807) is 30.5 Å². The van der Waals surface area contributed by atoms with Crippen LogP contribution in [0, 0.1) is 6.92 Å². The van der Waals surface area contributed by atoms with E-state index >= 15 is 0 Å². The van der Waals surface area contributed by atoms with E-state index in [0.29, 0.717) is 21.8 Å². The van der Waals surface area contributed by atoms with Gasteiger partial charge in [-0.3, -0.25) is 0 Å². The second kappa shape index (κ2) is 6.86. The Bertz CT molecular complexity index is 819. The zero-order valence-corrected chi connectivity index (χ0v) is 13.9. The Hall–Kier alpha value is -2.30. The van der Waals surface area contributed by atoms with E-state index in [-0.39, 0.29) is 0 Å². The molecule has 23 heavy (non-hydrogen) atoms. The molecule has 3 aromatic rings. The lowest BCUT2D eigenvalue weighted by Crippen LogP contribution is -2.00. The van der Waals surface area contributed by atoms with E-state index < -0.39 is 0 Å². The minimum absolute atomic E-state index is 0.504. The van der Waals surface area contributed by atoms with Crippen molar-refractivity contribution in [1.82, 2.24) is 9.97 Å². The van der Waals surface area contributed by atoms with Crippen molar-refractivity contribution >= 4 is 46.3 Å². The van der Waals surface area contributed by atoms with Gasteiger partial charge in [0.1, 0.15) is 5.82 Å². The van der Waals surface area contributed by atoms with E-state index in [9.17, 15) is 0 Å². The van der Waals surface area contributed by atoms with Crippen molar-refractivity contribution in [3.8, 4) is 0 Å². The fourth-order valence-corrected chi connectivity index (χ4v) is 2.44. The van der Waals surface area contributed by atoms with Gasteiger partial charge in [0.15, 0.2) is 0 Å². The van der Waals surface area contributed by atoms with Crippen molar-refractivity contribution in [1.29, 1.82) is 0 Å². The Kier molecular flexibility index (Phi) is 4.65. The van der Waals surface area contributed by atoms with E-state index in [4.69, 9.17) is 23.2 Å². The van der Waals surface area contributed by atoms with Gasteiger partial charge in [0.2, 0.25) is 5.95 Å². The highest BCUT2D eigenvalue weighted by molar-refractivity contribution is 6.36. The molecule has 0 saturated heterocycles. The van der Waals surface area contributed by atoms with E-state index in [2.05, 4.69) is 20.6 Å². The number of anilines is 4. The number of aryl methyl sites for hydroxylation is 1. The Balaban J connectivity index is 1.78. The molecule has 0 saturated carbocycles. The van der Waals surface area contributed by atoms with Gasteiger partial charge in [-0.05, 0) is 43.3 Å². The molecule has 0 unspecified atom stereocenters. The Morgan fingerprint density at radius 2 is 1.70 bits per heavy atom. The van der Waals surface area contributed by atoms with Crippen molar-refractivity contribution in [2.45, 2.75) is 6.92 Å². The summed E-state index contributed by atoms with van der Waals surface area (Å²) in [5.41, 5.74) is 2.86. The fourth-order valence-electron chi connectivity index (χ4n) is 1.98. The third-order valence-corrected chi connectivity index (χ3v) is 3.70. The number of halogens is 2. The molecule has 2 aromatic carbocycles. The van der Waals surface area contributed by atoms with Gasteiger partial charge < -0.3 is 10.6 Å². The quantitative estimate of drug-likeness (QED) is 0.648. The number of nitrogens with one attached hydrogen (secondary N) is 2. The van der Waals surface area contributed by atoms with Crippen LogP contribution in [0.2, 0.25) is 10.0 Å². The maximum absolute atomic E-state index is 6.16. The standard InChI is InChI=1S/C17H14Cl2N4/c1-11-2-5-13(6-3-11)21-17-20-9-8-16(23-17)22-15-7-4-12(18)10-14(15)19/h2-10H,1H3,(H2,20,21,22,23). The monoisotopic (exact) mass is 344 g/mol. The highest BCUT2D eigenvalue weighted by atomic mass is 35.5. The van der Waals surface area contributed by atoms with E-state index in [1.807, 2.05) is 31.2 Å². The maximum atomic E-state index is 6.16. The predicted molar refractivity (Wildman–Crippen MR) is 96.2 cm³/mol. The van der Waals surface area contributed by atoms with Crippen LogP contribution in [-0.2, 0) is 0 Å². The molecule has 1 aromatic heterocycles. The largest absolute Gasteiger partial charge is 0.339 e. The number of nitrogens with zero attached hydrogens (tertiary/aromatic N) is 2. The van der Waals surface area contributed by atoms with Crippen LogP contribution in [0.25, 0.3) is 0 Å². The molecule has 2 N–H and O–H groups in total. The summed E-state index contributed by atoms with van der Waals surface area (Å²) in [5.74, 6) is 1.14. The molecule has 0 aliphatic carbocycles. The fraction of sp³-hybridized carbons (Fsp3) is 0.0588. The Labute approximate surface area is 144 Å². The van der Waals surface area contributed by atoms with Crippen LogP contribution < -0.4 is 10.6 Å². The van der Waals surface area contributed by atoms with Crippen molar-refractivity contribution in [3.05, 3.63) is 70.3 Å². The normalized spacial score (nSPS) is 10.4. The average Bonchev–Trinajstić information content (AvgIpc) is 2.53. The molecule has 6 heteroatoms. The van der Waals surface area contributed by atoms with Crippen LogP contribution in [0.15, 0.2) is 54.7 Å². The van der Waals surface area contributed by atoms with Gasteiger partial charge in [-0.15, -0.1) is 0 Å². The first-order valence-electron chi connectivity index (χ1n) is 6.99. The second-order valence-electron chi connectivity index (χ2n) is 5.01. The molecule has 0 fully saturated rings. The molecule has 0 amide bonds. The highest BCUT2D eigenvalue weighted by Gasteiger charge is 2.04. The molecule has 4 nitrogen and oxygen atoms in total. The lowest BCUT2D eigenvalue weighted by atomic mass is 10.2. The van der Waals surface area contributed by atoms with Crippen molar-refractivity contribution < 1.29 is 0 Å². The van der Waals surface area contributed by atoms with Crippen LogP contribution in [0.4, 0.5) is 23.1 Å². The topological polar surface area (TPSA) is 49.8 Å². The summed E-state index contributed by atoms with van der Waals surface area (Å²) in [6.45, 7) is 2.04. The number of hydrogen-bond donors (Lipinski definition) is 2. The van der Waals surface area contributed by atoms with Gasteiger partial charge in [0, 0.05) is 16.9 Å². The van der Waals surface area contributed by atoms with Crippen LogP contribution in [0.5, 0.6) is 0 Å². The summed E-state index contributed by atoms with van der Waals surface area (Å²) in [6.07, 6.45) is 1.68. The molecule has 0 spiro atoms. The summed E-state index contributed by atoms with van der Waals surface area (Å²) < 4.78 is 0. The highest BCUT2D eigenvalue weighted by Crippen LogP contribution is 2.27. The predicted octanol–water partition coefficient (Wildman–Crippen LogP) is 5.58. The van der Waals surface area contributed by atoms with Gasteiger partial charge in [-0.2, -0.15) is 4.98 Å². The molecule has 0 aliphatic heterocycles. The SMILES string of the molecule is Cc1ccc(Nc2nccc(Nc3ccc(Cl)cc3Cl)n2)cc1. The van der Waals surface area contributed by atoms with Crippen LogP contribution >= 0.6 is 23.2 Å². The van der Waals surface area contributed by atoms with E-state index in [1.165, 1.54) is 5.56 Å². The second-order valence-corrected chi connectivity index (χ2v) is 5.85. The van der Waals surface area contributed by atoms with Crippen LogP contribution in [0.3, 0.4) is 0 Å². The van der Waals surface area contributed by atoms with Gasteiger partial charge in [0.05, 0.1) is 10.7 Å². The number of benzene rings is 2. The molecule has 1 heterocycles. The van der Waals surface area contributed by atoms with Crippen molar-refractivity contribution in [3.63, 3.8) is 0 Å². The Morgan fingerprint density at radius 1 is 0.913 bits per heavy atom. The minimum atomic E-state index is 0.504. The summed E-state index contributed by atoms with van der Waals surface area (Å²) in [7, 11) is 0. The third-order valence-electron chi connectivity index (χ3n) is 3.16. The van der Waals surface area contributed by atoms with Gasteiger partial charge in [-0.1, -0.05) is 40.9 Å². The lowest BCUT2D eigenvalue weighted by Gasteiger charge is -2.10. The molecular weight excluding hydrogens is 331 g/mol. The summed E-state index contributed by atoms with van der Waals surface area (Å²) in [6, 6.07) is 15.0. The summed E-state index contributed by atoms with van der Waals surface area (Å²) in [4.78, 5) is 8.64. The number of hydrogen-bond acceptors (Lipinski definition) is 4. The number of aromatic nitrogens is 2. The van der Waals surface area contributed by atoms with Gasteiger partial charge in [-0.25, -0.2) is 4.98 Å². The van der Waals surface area contributed by atoms with Crippen molar-refractivity contribution in [2.75, 3.05) is 10.6 Å². The smallest absolute Gasteiger partial charge is 0.229 e. The molecular formula is C17H14Cl2N4. The molecule has 0 atom stereocenters. The lowest BCUT2D eigenvalue weighted by molar-refractivity contribution is 1.16. The van der Waals surface area contributed by atoms with Gasteiger partial charge >= 0.3 is 0 Å². The van der Waals surface area contributed by atoms with Gasteiger partial charge in [0.25, 0.3) is 0 Å².